The maximum absolute atomic E-state index is 12.8. The minimum atomic E-state index is -4.48. The maximum atomic E-state index is 12.8. The molecule has 0 aliphatic heterocycles. The monoisotopic (exact) mass is 386 g/mol. The van der Waals surface area contributed by atoms with Gasteiger partial charge in [0.2, 0.25) is 5.95 Å². The molecule has 3 rings (SSSR count). The van der Waals surface area contributed by atoms with Gasteiger partial charge in [0, 0.05) is 28.3 Å². The Morgan fingerprint density at radius 3 is 2.21 bits per heavy atom. The molecule has 28 heavy (non-hydrogen) atoms. The molecule has 0 saturated carbocycles. The number of benzene rings is 2. The lowest BCUT2D eigenvalue weighted by Gasteiger charge is -2.11. The van der Waals surface area contributed by atoms with Crippen LogP contribution in [0.4, 0.5) is 30.5 Å². The molecule has 0 bridgehead atoms. The number of hydrogen-bond donors (Lipinski definition) is 2. The lowest BCUT2D eigenvalue weighted by Crippen LogP contribution is -2.13. The van der Waals surface area contributed by atoms with Crippen LogP contribution in [0.1, 0.15) is 27.3 Å². The third-order valence-corrected chi connectivity index (χ3v) is 3.81. The van der Waals surface area contributed by atoms with Gasteiger partial charge in [0.05, 0.1) is 5.56 Å². The molecule has 144 valence electrons. The number of hydrogen-bond acceptors (Lipinski definition) is 4. The summed E-state index contributed by atoms with van der Waals surface area (Å²) >= 11 is 0. The molecule has 0 saturated heterocycles. The molecule has 1 amide bonds. The highest BCUT2D eigenvalue weighted by atomic mass is 19.4. The van der Waals surface area contributed by atoms with Crippen molar-refractivity contribution in [3.05, 3.63) is 77.1 Å². The summed E-state index contributed by atoms with van der Waals surface area (Å²) in [6.07, 6.45) is -4.48. The zero-order valence-corrected chi connectivity index (χ0v) is 15.1. The first-order valence-corrected chi connectivity index (χ1v) is 8.39. The van der Waals surface area contributed by atoms with Gasteiger partial charge < -0.3 is 10.6 Å². The average molecular weight is 386 g/mol. The third kappa shape index (κ3) is 4.85. The lowest BCUT2D eigenvalue weighted by atomic mass is 10.1. The molecule has 0 fully saturated rings. The summed E-state index contributed by atoms with van der Waals surface area (Å²) < 4.78 is 38.4. The molecule has 8 heteroatoms. The number of carbonyl (C=O) groups excluding carboxylic acids is 1. The number of carbonyl (C=O) groups is 1. The first-order chi connectivity index (χ1) is 13.2. The van der Waals surface area contributed by atoms with Gasteiger partial charge in [-0.05, 0) is 56.3 Å². The van der Waals surface area contributed by atoms with E-state index in [1.54, 1.807) is 24.3 Å². The number of halogens is 3. The van der Waals surface area contributed by atoms with E-state index in [2.05, 4.69) is 20.6 Å². The summed E-state index contributed by atoms with van der Waals surface area (Å²) in [6, 6.07) is 12.9. The van der Waals surface area contributed by atoms with Gasteiger partial charge in [-0.15, -0.1) is 0 Å². The molecule has 2 aromatic carbocycles. The molecule has 2 N–H and O–H groups in total. The number of alkyl halides is 3. The minimum absolute atomic E-state index is 0.0656. The Hall–Kier alpha value is -3.42. The fourth-order valence-electron chi connectivity index (χ4n) is 2.63. The zero-order chi connectivity index (χ0) is 20.3. The van der Waals surface area contributed by atoms with Crippen molar-refractivity contribution in [1.82, 2.24) is 9.97 Å². The molecule has 0 radical (unpaired) electrons. The highest BCUT2D eigenvalue weighted by Gasteiger charge is 2.30. The van der Waals surface area contributed by atoms with E-state index in [0.29, 0.717) is 11.6 Å². The minimum Gasteiger partial charge on any atom is -0.324 e. The van der Waals surface area contributed by atoms with Gasteiger partial charge in [0.15, 0.2) is 0 Å². The Balaban J connectivity index is 1.77. The summed E-state index contributed by atoms with van der Waals surface area (Å²) in [5.41, 5.74) is 1.71. The molecule has 0 atom stereocenters. The van der Waals surface area contributed by atoms with E-state index in [-0.39, 0.29) is 11.3 Å². The van der Waals surface area contributed by atoms with Gasteiger partial charge in [-0.1, -0.05) is 12.1 Å². The van der Waals surface area contributed by atoms with Gasteiger partial charge >= 0.3 is 6.18 Å². The van der Waals surface area contributed by atoms with E-state index in [1.165, 1.54) is 12.1 Å². The fourth-order valence-corrected chi connectivity index (χ4v) is 2.63. The number of anilines is 3. The average Bonchev–Trinajstić information content (AvgIpc) is 2.60. The number of aryl methyl sites for hydroxylation is 2. The first-order valence-electron chi connectivity index (χ1n) is 8.39. The van der Waals surface area contributed by atoms with E-state index < -0.39 is 17.6 Å². The second kappa shape index (κ2) is 7.67. The number of aromatic nitrogens is 2. The molecular weight excluding hydrogens is 369 g/mol. The normalized spacial score (nSPS) is 11.2. The fraction of sp³-hybridized carbons (Fsp3) is 0.150. The predicted octanol–water partition coefficient (Wildman–Crippen LogP) is 5.11. The second-order valence-corrected chi connectivity index (χ2v) is 6.21. The summed E-state index contributed by atoms with van der Waals surface area (Å²) in [7, 11) is 0. The second-order valence-electron chi connectivity index (χ2n) is 6.21. The van der Waals surface area contributed by atoms with Crippen LogP contribution in [-0.2, 0) is 6.18 Å². The Morgan fingerprint density at radius 1 is 0.893 bits per heavy atom. The maximum Gasteiger partial charge on any atom is 0.416 e. The predicted molar refractivity (Wildman–Crippen MR) is 101 cm³/mol. The van der Waals surface area contributed by atoms with Crippen LogP contribution in [0.25, 0.3) is 0 Å². The van der Waals surface area contributed by atoms with Gasteiger partial charge in [-0.3, -0.25) is 4.79 Å². The number of rotatable bonds is 4. The SMILES string of the molecule is Cc1cc(C)nc(Nc2cccc(C(=O)Nc3cccc(C(F)(F)F)c3)c2)n1. The van der Waals surface area contributed by atoms with Crippen LogP contribution >= 0.6 is 0 Å². The van der Waals surface area contributed by atoms with E-state index >= 15 is 0 Å². The van der Waals surface area contributed by atoms with Crippen LogP contribution in [0.2, 0.25) is 0 Å². The van der Waals surface area contributed by atoms with Crippen molar-refractivity contribution >= 4 is 23.2 Å². The molecule has 0 aliphatic carbocycles. The number of amides is 1. The molecule has 0 spiro atoms. The highest BCUT2D eigenvalue weighted by Crippen LogP contribution is 2.30. The molecule has 0 aliphatic rings. The van der Waals surface area contributed by atoms with Gasteiger partial charge in [-0.2, -0.15) is 13.2 Å². The molecule has 3 aromatic rings. The Labute approximate surface area is 159 Å². The Bertz CT molecular complexity index is 998. The quantitative estimate of drug-likeness (QED) is 0.654. The van der Waals surface area contributed by atoms with Crippen molar-refractivity contribution in [2.24, 2.45) is 0 Å². The molecular formula is C20H17F3N4O. The molecule has 1 heterocycles. The lowest BCUT2D eigenvalue weighted by molar-refractivity contribution is -0.137. The smallest absolute Gasteiger partial charge is 0.324 e. The van der Waals surface area contributed by atoms with Crippen LogP contribution in [0.5, 0.6) is 0 Å². The molecule has 0 unspecified atom stereocenters. The van der Waals surface area contributed by atoms with Crippen molar-refractivity contribution < 1.29 is 18.0 Å². The Morgan fingerprint density at radius 2 is 1.54 bits per heavy atom. The van der Waals surface area contributed by atoms with Crippen LogP contribution in [0.15, 0.2) is 54.6 Å². The van der Waals surface area contributed by atoms with Crippen LogP contribution in [0, 0.1) is 13.8 Å². The topological polar surface area (TPSA) is 66.9 Å². The summed E-state index contributed by atoms with van der Waals surface area (Å²) in [5.74, 6) is -0.128. The standard InChI is InChI=1S/C20H17F3N4O/c1-12-9-13(2)25-19(24-12)27-16-7-3-5-14(10-16)18(28)26-17-8-4-6-15(11-17)20(21,22)23/h3-11H,1-2H3,(H,26,28)(H,24,25,27). The van der Waals surface area contributed by atoms with E-state index in [9.17, 15) is 18.0 Å². The van der Waals surface area contributed by atoms with Crippen molar-refractivity contribution in [3.63, 3.8) is 0 Å². The van der Waals surface area contributed by atoms with Crippen molar-refractivity contribution in [2.45, 2.75) is 20.0 Å². The van der Waals surface area contributed by atoms with Crippen molar-refractivity contribution in [2.75, 3.05) is 10.6 Å². The largest absolute Gasteiger partial charge is 0.416 e. The van der Waals surface area contributed by atoms with Crippen LogP contribution < -0.4 is 10.6 Å². The highest BCUT2D eigenvalue weighted by molar-refractivity contribution is 6.04. The summed E-state index contributed by atoms with van der Waals surface area (Å²) in [4.78, 5) is 21.0. The zero-order valence-electron chi connectivity index (χ0n) is 15.1. The first kappa shape index (κ1) is 19.3. The van der Waals surface area contributed by atoms with E-state index in [0.717, 1.165) is 23.5 Å². The van der Waals surface area contributed by atoms with E-state index in [4.69, 9.17) is 0 Å². The van der Waals surface area contributed by atoms with Gasteiger partial charge in [0.1, 0.15) is 0 Å². The number of nitrogens with zero attached hydrogens (tertiary/aromatic N) is 2. The Kier molecular flexibility index (Phi) is 5.30. The number of nitrogens with one attached hydrogen (secondary N) is 2. The van der Waals surface area contributed by atoms with Gasteiger partial charge in [-0.25, -0.2) is 9.97 Å². The summed E-state index contributed by atoms with van der Waals surface area (Å²) in [6.45, 7) is 3.69. The van der Waals surface area contributed by atoms with Crippen molar-refractivity contribution in [1.29, 1.82) is 0 Å². The molecule has 1 aromatic heterocycles. The van der Waals surface area contributed by atoms with Crippen LogP contribution in [-0.4, -0.2) is 15.9 Å². The van der Waals surface area contributed by atoms with Crippen LogP contribution in [0.3, 0.4) is 0 Å². The molecule has 5 nitrogen and oxygen atoms in total. The third-order valence-electron chi connectivity index (χ3n) is 3.81. The van der Waals surface area contributed by atoms with E-state index in [1.807, 2.05) is 19.9 Å². The van der Waals surface area contributed by atoms with Gasteiger partial charge in [0.25, 0.3) is 5.91 Å². The summed E-state index contributed by atoms with van der Waals surface area (Å²) in [5, 5.41) is 5.50. The van der Waals surface area contributed by atoms with Crippen molar-refractivity contribution in [3.8, 4) is 0 Å².